The lowest BCUT2D eigenvalue weighted by Gasteiger charge is -2.12. The Labute approximate surface area is 161 Å². The number of halogens is 2. The molecular formula is C18H18Cl2N2O4. The molecule has 0 heterocycles. The first-order valence-corrected chi connectivity index (χ1v) is 8.37. The van der Waals surface area contributed by atoms with Gasteiger partial charge in [0.05, 0.1) is 31.1 Å². The van der Waals surface area contributed by atoms with Gasteiger partial charge < -0.3 is 19.6 Å². The molecule has 0 bridgehead atoms. The number of benzene rings is 2. The monoisotopic (exact) mass is 396 g/mol. The Morgan fingerprint density at radius 1 is 1.12 bits per heavy atom. The number of nitrogens with zero attached hydrogens (tertiary/aromatic N) is 1. The second-order valence-electron chi connectivity index (χ2n) is 5.21. The van der Waals surface area contributed by atoms with Crippen LogP contribution in [-0.2, 0) is 9.63 Å². The normalized spacial score (nSPS) is 11.9. The molecule has 8 heteroatoms. The number of ether oxygens (including phenoxy) is 2. The van der Waals surface area contributed by atoms with Crippen molar-refractivity contribution in [2.75, 3.05) is 19.5 Å². The number of hydrogen-bond acceptors (Lipinski definition) is 5. The van der Waals surface area contributed by atoms with Crippen molar-refractivity contribution in [2.24, 2.45) is 5.16 Å². The number of amides is 1. The predicted octanol–water partition coefficient (Wildman–Crippen LogP) is 4.39. The Morgan fingerprint density at radius 2 is 1.85 bits per heavy atom. The average molecular weight is 397 g/mol. The van der Waals surface area contributed by atoms with Gasteiger partial charge in [0.1, 0.15) is 0 Å². The lowest BCUT2D eigenvalue weighted by Crippen LogP contribution is -2.26. The molecular weight excluding hydrogens is 379 g/mol. The summed E-state index contributed by atoms with van der Waals surface area (Å²) in [5.74, 6) is 0.788. The van der Waals surface area contributed by atoms with Crippen LogP contribution >= 0.6 is 23.2 Å². The van der Waals surface area contributed by atoms with Crippen molar-refractivity contribution < 1.29 is 19.1 Å². The van der Waals surface area contributed by atoms with E-state index in [2.05, 4.69) is 10.5 Å². The SMILES string of the molecule is COc1ccc(/C=N\O[C@@H](C)C(=O)Nc2ccc(Cl)cc2Cl)cc1OC. The average Bonchev–Trinajstić information content (AvgIpc) is 2.63. The van der Waals surface area contributed by atoms with Crippen LogP contribution in [0.15, 0.2) is 41.6 Å². The highest BCUT2D eigenvalue weighted by molar-refractivity contribution is 6.36. The van der Waals surface area contributed by atoms with Gasteiger partial charge in [0, 0.05) is 10.6 Å². The molecule has 0 aromatic heterocycles. The molecule has 0 saturated carbocycles. The van der Waals surface area contributed by atoms with Crippen molar-refractivity contribution in [1.82, 2.24) is 0 Å². The van der Waals surface area contributed by atoms with E-state index in [4.69, 9.17) is 37.5 Å². The number of anilines is 1. The molecule has 1 N–H and O–H groups in total. The smallest absolute Gasteiger partial charge is 0.268 e. The first kappa shape index (κ1) is 19.9. The van der Waals surface area contributed by atoms with E-state index in [0.717, 1.165) is 5.56 Å². The summed E-state index contributed by atoms with van der Waals surface area (Å²) in [6.07, 6.45) is 0.652. The van der Waals surface area contributed by atoms with Crippen LogP contribution < -0.4 is 14.8 Å². The van der Waals surface area contributed by atoms with Crippen molar-refractivity contribution in [1.29, 1.82) is 0 Å². The summed E-state index contributed by atoms with van der Waals surface area (Å²) in [5.41, 5.74) is 1.18. The quantitative estimate of drug-likeness (QED) is 0.556. The number of rotatable bonds is 7. The summed E-state index contributed by atoms with van der Waals surface area (Å²) in [7, 11) is 3.10. The third kappa shape index (κ3) is 5.28. The van der Waals surface area contributed by atoms with E-state index in [-0.39, 0.29) is 0 Å². The Hall–Kier alpha value is -2.44. The first-order valence-electron chi connectivity index (χ1n) is 7.61. The van der Waals surface area contributed by atoms with E-state index < -0.39 is 12.0 Å². The molecule has 0 radical (unpaired) electrons. The van der Waals surface area contributed by atoms with Crippen LogP contribution in [0.2, 0.25) is 10.0 Å². The number of carbonyl (C=O) groups excluding carboxylic acids is 1. The van der Waals surface area contributed by atoms with Crippen molar-refractivity contribution in [3.05, 3.63) is 52.0 Å². The molecule has 2 aromatic carbocycles. The highest BCUT2D eigenvalue weighted by Crippen LogP contribution is 2.27. The lowest BCUT2D eigenvalue weighted by molar-refractivity contribution is -0.126. The van der Waals surface area contributed by atoms with Crippen molar-refractivity contribution >= 4 is 41.0 Å². The lowest BCUT2D eigenvalue weighted by atomic mass is 10.2. The Bertz CT molecular complexity index is 812. The maximum absolute atomic E-state index is 12.1. The zero-order chi connectivity index (χ0) is 19.1. The molecule has 26 heavy (non-hydrogen) atoms. The van der Waals surface area contributed by atoms with Gasteiger partial charge in [-0.1, -0.05) is 28.4 Å². The maximum Gasteiger partial charge on any atom is 0.268 e. The summed E-state index contributed by atoms with van der Waals surface area (Å²) in [6.45, 7) is 1.57. The van der Waals surface area contributed by atoms with Gasteiger partial charge in [-0.2, -0.15) is 0 Å². The van der Waals surface area contributed by atoms with Crippen molar-refractivity contribution in [3.63, 3.8) is 0 Å². The van der Waals surface area contributed by atoms with E-state index in [1.807, 2.05) is 0 Å². The van der Waals surface area contributed by atoms with E-state index >= 15 is 0 Å². The van der Waals surface area contributed by atoms with Crippen LogP contribution in [-0.4, -0.2) is 32.4 Å². The second-order valence-corrected chi connectivity index (χ2v) is 6.05. The standard InChI is InChI=1S/C18H18Cl2N2O4/c1-11(18(23)22-15-6-5-13(19)9-14(15)20)26-21-10-12-4-7-16(24-2)17(8-12)25-3/h4-11H,1-3H3,(H,22,23)/b21-10-/t11-/m0/s1. The molecule has 0 aliphatic carbocycles. The molecule has 0 saturated heterocycles. The summed E-state index contributed by atoms with van der Waals surface area (Å²) in [6, 6.07) is 10.1. The molecule has 0 aliphatic rings. The van der Waals surface area contributed by atoms with Crippen LogP contribution in [0.25, 0.3) is 0 Å². The summed E-state index contributed by atoms with van der Waals surface area (Å²) < 4.78 is 10.4. The van der Waals surface area contributed by atoms with Crippen LogP contribution in [0, 0.1) is 0 Å². The number of oxime groups is 1. The van der Waals surface area contributed by atoms with Crippen LogP contribution in [0.3, 0.4) is 0 Å². The molecule has 0 aliphatic heterocycles. The first-order chi connectivity index (χ1) is 12.4. The fraction of sp³-hybridized carbons (Fsp3) is 0.222. The number of nitrogens with one attached hydrogen (secondary N) is 1. The molecule has 0 unspecified atom stereocenters. The van der Waals surface area contributed by atoms with Gasteiger partial charge in [-0.05, 0) is 43.3 Å². The fourth-order valence-electron chi connectivity index (χ4n) is 1.99. The molecule has 0 fully saturated rings. The molecule has 1 amide bonds. The molecule has 1 atom stereocenters. The minimum Gasteiger partial charge on any atom is -0.493 e. The molecule has 2 rings (SSSR count). The minimum atomic E-state index is -0.821. The van der Waals surface area contributed by atoms with E-state index in [0.29, 0.717) is 27.2 Å². The van der Waals surface area contributed by atoms with Gasteiger partial charge in [-0.25, -0.2) is 0 Å². The van der Waals surface area contributed by atoms with Gasteiger partial charge in [0.15, 0.2) is 11.5 Å². The number of hydrogen-bond donors (Lipinski definition) is 1. The maximum atomic E-state index is 12.1. The van der Waals surface area contributed by atoms with E-state index in [1.54, 1.807) is 57.5 Å². The molecule has 138 valence electrons. The van der Waals surface area contributed by atoms with Crippen LogP contribution in [0.5, 0.6) is 11.5 Å². The number of methoxy groups -OCH3 is 2. The Balaban J connectivity index is 1.95. The van der Waals surface area contributed by atoms with Gasteiger partial charge in [-0.15, -0.1) is 0 Å². The molecule has 6 nitrogen and oxygen atoms in total. The Kier molecular flexibility index (Phi) is 7.12. The zero-order valence-electron chi connectivity index (χ0n) is 14.5. The van der Waals surface area contributed by atoms with Crippen LogP contribution in [0.4, 0.5) is 5.69 Å². The van der Waals surface area contributed by atoms with Crippen molar-refractivity contribution in [3.8, 4) is 11.5 Å². The summed E-state index contributed by atoms with van der Waals surface area (Å²) >= 11 is 11.8. The van der Waals surface area contributed by atoms with Crippen LogP contribution in [0.1, 0.15) is 12.5 Å². The third-order valence-corrected chi connectivity index (χ3v) is 3.93. The number of carbonyl (C=O) groups is 1. The minimum absolute atomic E-state index is 0.340. The third-order valence-electron chi connectivity index (χ3n) is 3.39. The van der Waals surface area contributed by atoms with E-state index in [1.165, 1.54) is 6.21 Å². The van der Waals surface area contributed by atoms with Gasteiger partial charge in [-0.3, -0.25) is 4.79 Å². The van der Waals surface area contributed by atoms with Crippen molar-refractivity contribution in [2.45, 2.75) is 13.0 Å². The molecule has 2 aromatic rings. The van der Waals surface area contributed by atoms with Gasteiger partial charge in [0.2, 0.25) is 6.10 Å². The van der Waals surface area contributed by atoms with Gasteiger partial charge in [0.25, 0.3) is 5.91 Å². The zero-order valence-corrected chi connectivity index (χ0v) is 16.0. The second kappa shape index (κ2) is 9.31. The highest BCUT2D eigenvalue weighted by atomic mass is 35.5. The topological polar surface area (TPSA) is 69.2 Å². The Morgan fingerprint density at radius 3 is 2.50 bits per heavy atom. The molecule has 0 spiro atoms. The highest BCUT2D eigenvalue weighted by Gasteiger charge is 2.15. The largest absolute Gasteiger partial charge is 0.493 e. The van der Waals surface area contributed by atoms with Gasteiger partial charge >= 0.3 is 0 Å². The predicted molar refractivity (Wildman–Crippen MR) is 103 cm³/mol. The van der Waals surface area contributed by atoms with E-state index in [9.17, 15) is 4.79 Å². The summed E-state index contributed by atoms with van der Waals surface area (Å²) in [4.78, 5) is 17.3. The fourth-order valence-corrected chi connectivity index (χ4v) is 2.44. The summed E-state index contributed by atoms with van der Waals surface area (Å²) in [5, 5.41) is 7.31.